The molecule has 0 saturated carbocycles. The highest BCUT2D eigenvalue weighted by atomic mass is 16.6. The number of ether oxygens (including phenoxy) is 1. The molecule has 3 heteroatoms. The van der Waals surface area contributed by atoms with Crippen LogP contribution < -0.4 is 5.32 Å². The Morgan fingerprint density at radius 1 is 1.40 bits per heavy atom. The van der Waals surface area contributed by atoms with Crippen LogP contribution in [0, 0.1) is 0 Å². The van der Waals surface area contributed by atoms with Gasteiger partial charge >= 0.3 is 0 Å². The lowest BCUT2D eigenvalue weighted by Crippen LogP contribution is -2.19. The minimum absolute atomic E-state index is 0.0281. The predicted molar refractivity (Wildman–Crippen MR) is 58.6 cm³/mol. The molecule has 15 heavy (non-hydrogen) atoms. The van der Waals surface area contributed by atoms with Gasteiger partial charge in [-0.1, -0.05) is 31.5 Å². The zero-order valence-corrected chi connectivity index (χ0v) is 8.77. The maximum Gasteiger partial charge on any atom is 0.256 e. The normalized spacial score (nSPS) is 23.5. The third-order valence-corrected chi connectivity index (χ3v) is 2.46. The van der Waals surface area contributed by atoms with Gasteiger partial charge in [0, 0.05) is 5.69 Å². The fraction of sp³-hybridized carbons (Fsp3) is 0.417. The second-order valence-electron chi connectivity index (χ2n) is 3.74. The molecule has 0 bridgehead atoms. The molecule has 1 fully saturated rings. The van der Waals surface area contributed by atoms with Crippen LogP contribution in [0.5, 0.6) is 0 Å². The molecule has 1 aliphatic heterocycles. The van der Waals surface area contributed by atoms with E-state index in [0.29, 0.717) is 0 Å². The molecule has 2 rings (SSSR count). The third-order valence-electron chi connectivity index (χ3n) is 2.46. The van der Waals surface area contributed by atoms with Gasteiger partial charge in [-0.3, -0.25) is 4.79 Å². The van der Waals surface area contributed by atoms with Crippen molar-refractivity contribution >= 4 is 11.6 Å². The van der Waals surface area contributed by atoms with Crippen molar-refractivity contribution in [1.82, 2.24) is 0 Å². The Morgan fingerprint density at radius 3 is 2.80 bits per heavy atom. The molecule has 1 aliphatic rings. The van der Waals surface area contributed by atoms with Crippen molar-refractivity contribution in [2.45, 2.75) is 32.0 Å². The summed E-state index contributed by atoms with van der Waals surface area (Å²) < 4.78 is 5.28. The number of benzene rings is 1. The van der Waals surface area contributed by atoms with Crippen LogP contribution in [0.1, 0.15) is 19.8 Å². The van der Waals surface area contributed by atoms with E-state index in [1.165, 1.54) is 0 Å². The second-order valence-corrected chi connectivity index (χ2v) is 3.74. The van der Waals surface area contributed by atoms with Crippen LogP contribution in [0.25, 0.3) is 0 Å². The molecular formula is C12H15NO2. The van der Waals surface area contributed by atoms with Gasteiger partial charge in [0.25, 0.3) is 5.91 Å². The standard InChI is InChI=1S/C12H15NO2/c1-2-6-10-11(15-10)12(14)13-9-7-4-3-5-8-9/h3-5,7-8,10-11H,2,6H2,1H3,(H,13,14)/t10-,11-/m1/s1. The zero-order valence-electron chi connectivity index (χ0n) is 8.77. The number of carbonyl (C=O) groups excluding carboxylic acids is 1. The summed E-state index contributed by atoms with van der Waals surface area (Å²) in [6.45, 7) is 2.09. The fourth-order valence-corrected chi connectivity index (χ4v) is 1.61. The molecule has 1 heterocycles. The van der Waals surface area contributed by atoms with Gasteiger partial charge in [0.2, 0.25) is 0 Å². The Morgan fingerprint density at radius 2 is 2.13 bits per heavy atom. The molecule has 1 aromatic rings. The molecule has 0 radical (unpaired) electrons. The second kappa shape index (κ2) is 4.45. The lowest BCUT2D eigenvalue weighted by atomic mass is 10.2. The molecule has 1 N–H and O–H groups in total. The molecule has 3 nitrogen and oxygen atoms in total. The van der Waals surface area contributed by atoms with E-state index >= 15 is 0 Å². The SMILES string of the molecule is CCC[C@H]1O[C@H]1C(=O)Nc1ccccc1. The van der Waals surface area contributed by atoms with Gasteiger partial charge in [-0.25, -0.2) is 0 Å². The van der Waals surface area contributed by atoms with E-state index in [4.69, 9.17) is 4.74 Å². The van der Waals surface area contributed by atoms with Gasteiger partial charge in [0.15, 0.2) is 6.10 Å². The number of anilines is 1. The minimum atomic E-state index is -0.231. The molecule has 2 atom stereocenters. The Kier molecular flexibility index (Phi) is 3.02. The topological polar surface area (TPSA) is 41.6 Å². The lowest BCUT2D eigenvalue weighted by molar-refractivity contribution is -0.117. The minimum Gasteiger partial charge on any atom is -0.359 e. The van der Waals surface area contributed by atoms with Gasteiger partial charge in [-0.15, -0.1) is 0 Å². The first-order valence-corrected chi connectivity index (χ1v) is 5.32. The van der Waals surface area contributed by atoms with E-state index in [2.05, 4.69) is 12.2 Å². The largest absolute Gasteiger partial charge is 0.359 e. The smallest absolute Gasteiger partial charge is 0.256 e. The maximum atomic E-state index is 11.6. The van der Waals surface area contributed by atoms with Gasteiger partial charge < -0.3 is 10.1 Å². The average molecular weight is 205 g/mol. The summed E-state index contributed by atoms with van der Waals surface area (Å²) in [7, 11) is 0. The average Bonchev–Trinajstić information content (AvgIpc) is 2.99. The van der Waals surface area contributed by atoms with Crippen molar-refractivity contribution < 1.29 is 9.53 Å². The Balaban J connectivity index is 1.84. The Labute approximate surface area is 89.4 Å². The monoisotopic (exact) mass is 205 g/mol. The molecule has 80 valence electrons. The third kappa shape index (κ3) is 2.57. The Bertz CT molecular complexity index is 337. The van der Waals surface area contributed by atoms with Gasteiger partial charge in [-0.05, 0) is 18.6 Å². The summed E-state index contributed by atoms with van der Waals surface area (Å²) in [6.07, 6.45) is 1.93. The van der Waals surface area contributed by atoms with Crippen molar-refractivity contribution in [2.75, 3.05) is 5.32 Å². The first kappa shape index (κ1) is 10.2. The summed E-state index contributed by atoms with van der Waals surface area (Å²) in [5, 5.41) is 2.83. The van der Waals surface area contributed by atoms with Gasteiger partial charge in [-0.2, -0.15) is 0 Å². The number of para-hydroxylation sites is 1. The van der Waals surface area contributed by atoms with E-state index < -0.39 is 0 Å². The number of nitrogens with one attached hydrogen (secondary N) is 1. The molecule has 1 saturated heterocycles. The van der Waals surface area contributed by atoms with E-state index in [9.17, 15) is 4.79 Å². The van der Waals surface area contributed by atoms with Crippen molar-refractivity contribution in [3.8, 4) is 0 Å². The number of amides is 1. The molecule has 0 aromatic heterocycles. The molecule has 0 aliphatic carbocycles. The lowest BCUT2D eigenvalue weighted by Gasteiger charge is -2.01. The van der Waals surface area contributed by atoms with Crippen molar-refractivity contribution in [1.29, 1.82) is 0 Å². The van der Waals surface area contributed by atoms with E-state index in [-0.39, 0.29) is 18.1 Å². The fourth-order valence-electron chi connectivity index (χ4n) is 1.61. The molecule has 0 unspecified atom stereocenters. The van der Waals surface area contributed by atoms with Crippen LogP contribution in [0.4, 0.5) is 5.69 Å². The van der Waals surface area contributed by atoms with Crippen molar-refractivity contribution in [3.05, 3.63) is 30.3 Å². The summed E-state index contributed by atoms with van der Waals surface area (Å²) in [5.41, 5.74) is 0.827. The quantitative estimate of drug-likeness (QED) is 0.765. The number of hydrogen-bond donors (Lipinski definition) is 1. The van der Waals surface area contributed by atoms with E-state index in [1.54, 1.807) is 0 Å². The van der Waals surface area contributed by atoms with Crippen LogP contribution in [-0.2, 0) is 9.53 Å². The van der Waals surface area contributed by atoms with Gasteiger partial charge in [0.1, 0.15) is 0 Å². The zero-order chi connectivity index (χ0) is 10.7. The van der Waals surface area contributed by atoms with Crippen LogP contribution in [-0.4, -0.2) is 18.1 Å². The van der Waals surface area contributed by atoms with Crippen LogP contribution in [0.3, 0.4) is 0 Å². The first-order chi connectivity index (χ1) is 7.31. The van der Waals surface area contributed by atoms with E-state index in [0.717, 1.165) is 18.5 Å². The number of epoxide rings is 1. The molecular weight excluding hydrogens is 190 g/mol. The summed E-state index contributed by atoms with van der Waals surface area (Å²) >= 11 is 0. The number of rotatable bonds is 4. The predicted octanol–water partition coefficient (Wildman–Crippen LogP) is 2.19. The highest BCUT2D eigenvalue weighted by molar-refractivity contribution is 5.96. The first-order valence-electron chi connectivity index (χ1n) is 5.32. The van der Waals surface area contributed by atoms with Crippen molar-refractivity contribution in [2.24, 2.45) is 0 Å². The molecule has 1 amide bonds. The highest BCUT2D eigenvalue weighted by Crippen LogP contribution is 2.27. The Hall–Kier alpha value is -1.35. The van der Waals surface area contributed by atoms with Crippen LogP contribution in [0.15, 0.2) is 30.3 Å². The summed E-state index contributed by atoms with van der Waals surface area (Å²) in [6, 6.07) is 9.45. The summed E-state index contributed by atoms with van der Waals surface area (Å²) in [5.74, 6) is -0.0281. The maximum absolute atomic E-state index is 11.6. The van der Waals surface area contributed by atoms with Gasteiger partial charge in [0.05, 0.1) is 6.10 Å². The highest BCUT2D eigenvalue weighted by Gasteiger charge is 2.43. The number of hydrogen-bond acceptors (Lipinski definition) is 2. The van der Waals surface area contributed by atoms with E-state index in [1.807, 2.05) is 30.3 Å². The summed E-state index contributed by atoms with van der Waals surface area (Å²) in [4.78, 5) is 11.6. The molecule has 0 spiro atoms. The van der Waals surface area contributed by atoms with Crippen molar-refractivity contribution in [3.63, 3.8) is 0 Å². The van der Waals surface area contributed by atoms with Crippen LogP contribution in [0.2, 0.25) is 0 Å². The number of carbonyl (C=O) groups is 1. The van der Waals surface area contributed by atoms with Crippen LogP contribution >= 0.6 is 0 Å². The molecule has 1 aromatic carbocycles.